The zero-order valence-corrected chi connectivity index (χ0v) is 12.6. The van der Waals surface area contributed by atoms with E-state index in [1.165, 1.54) is 0 Å². The van der Waals surface area contributed by atoms with Crippen molar-refractivity contribution >= 4 is 0 Å². The molecule has 0 spiro atoms. The van der Waals surface area contributed by atoms with Crippen molar-refractivity contribution in [1.29, 1.82) is 0 Å². The summed E-state index contributed by atoms with van der Waals surface area (Å²) in [5, 5.41) is 0. The van der Waals surface area contributed by atoms with E-state index < -0.39 is 30.7 Å². The summed E-state index contributed by atoms with van der Waals surface area (Å²) in [6.07, 6.45) is 0. The molecule has 0 bridgehead atoms. The van der Waals surface area contributed by atoms with E-state index in [0.717, 1.165) is 0 Å². The molecule has 0 aliphatic heterocycles. The molecule has 0 fully saturated rings. The maximum atomic E-state index is 8.49. The normalized spacial score (nSPS) is 10.5. The van der Waals surface area contributed by atoms with Crippen molar-refractivity contribution in [2.24, 2.45) is 11.5 Å². The van der Waals surface area contributed by atoms with E-state index in [-0.39, 0.29) is 17.4 Å². The van der Waals surface area contributed by atoms with Crippen molar-refractivity contribution in [2.75, 3.05) is 13.1 Å². The van der Waals surface area contributed by atoms with Crippen LogP contribution in [0.15, 0.2) is 0 Å². The van der Waals surface area contributed by atoms with Crippen molar-refractivity contribution < 1.29 is 104 Å². The predicted octanol–water partition coefficient (Wildman–Crippen LogP) is -15.4. The Balaban J connectivity index is -0.0000000494. The van der Waals surface area contributed by atoms with E-state index in [1.54, 1.807) is 0 Å². The Kier molecular flexibility index (Phi) is 26.5. The average molecular weight is 410 g/mol. The van der Waals surface area contributed by atoms with Gasteiger partial charge in [-0.3, -0.25) is 0 Å². The molecule has 0 atom stereocenters. The quantitative estimate of drug-likeness (QED) is 0.405. The topological polar surface area (TPSA) is 329 Å². The van der Waals surface area contributed by atoms with E-state index >= 15 is 0 Å². The second kappa shape index (κ2) is 16.2. The Morgan fingerprint density at radius 1 is 0.450 bits per heavy atom. The Morgan fingerprint density at radius 3 is 0.500 bits per heavy atom. The van der Waals surface area contributed by atoms with Crippen molar-refractivity contribution in [3.05, 3.63) is 0 Å². The number of hydrogen-bond donors (Lipinski definition) is 2. The average Bonchev–Trinajstić information content (AvgIpc) is 1.93. The third-order valence-corrected chi connectivity index (χ3v) is 0.167. The van der Waals surface area contributed by atoms with Gasteiger partial charge in [0, 0.05) is 13.1 Å². The fourth-order valence-electron chi connectivity index (χ4n) is 0. The molecule has 0 aromatic carbocycles. The van der Waals surface area contributed by atoms with Gasteiger partial charge in [-0.25, -0.2) is 55.9 Å². The van der Waals surface area contributed by atoms with Crippen LogP contribution < -0.4 is 67.4 Å². The Hall–Kier alpha value is 0.842. The van der Waals surface area contributed by atoms with Gasteiger partial charge in [-0.1, -0.05) is 0 Å². The molecule has 0 saturated heterocycles. The Morgan fingerprint density at radius 2 is 0.500 bits per heavy atom. The van der Waals surface area contributed by atoms with E-state index in [9.17, 15) is 0 Å². The van der Waals surface area contributed by atoms with Gasteiger partial charge >= 0.3 is 17.4 Å². The molecular weight excluding hydrogens is 402 g/mol. The van der Waals surface area contributed by atoms with Gasteiger partial charge in [0.05, 0.1) is 0 Å². The van der Waals surface area contributed by atoms with Crippen molar-refractivity contribution in [2.45, 2.75) is 0 Å². The predicted molar refractivity (Wildman–Crippen MR) is 18.1 cm³/mol. The fraction of sp³-hybridized carbons (Fsp3) is 1.00. The standard InChI is InChI=1S/C2H8N2.3ClHO4.Cr/c3-1-2-4;3*2-1(3,4)5;/h1-4H2;3*(H,2,3,4,5);/q;;;;+3/p-3. The second-order valence-electron chi connectivity index (χ2n) is 1.71. The van der Waals surface area contributed by atoms with Gasteiger partial charge in [0.2, 0.25) is 0 Å². The molecule has 0 aromatic heterocycles. The smallest absolute Gasteiger partial charge is 0.329 e. The number of rotatable bonds is 1. The zero-order chi connectivity index (χ0) is 16.9. The number of nitrogens with two attached hydrogens (primary N) is 2. The molecule has 125 valence electrons. The van der Waals surface area contributed by atoms with Crippen molar-refractivity contribution in [1.82, 2.24) is 0 Å². The first kappa shape index (κ1) is 32.7. The summed E-state index contributed by atoms with van der Waals surface area (Å²) in [5.41, 5.74) is 9.81. The summed E-state index contributed by atoms with van der Waals surface area (Å²) in [4.78, 5) is 0. The first-order chi connectivity index (χ1) is 7.91. The molecule has 0 aromatic rings. The minimum atomic E-state index is -4.94. The largest absolute Gasteiger partial charge is 3.00 e. The van der Waals surface area contributed by atoms with Crippen LogP contribution in [0, 0.1) is 30.7 Å². The SMILES string of the molecule is NCCN.[Cr+3].[O-][Cl+3]([O-])([O-])[O-].[O-][Cl+3]([O-])([O-])[O-].[O-][Cl+3]([O-])([O-])[O-]. The first-order valence-electron chi connectivity index (χ1n) is 3.17. The second-order valence-corrected chi connectivity index (χ2v) is 3.98. The van der Waals surface area contributed by atoms with Crippen LogP contribution in [-0.2, 0) is 17.4 Å². The van der Waals surface area contributed by atoms with Crippen LogP contribution in [-0.4, -0.2) is 13.1 Å². The summed E-state index contributed by atoms with van der Waals surface area (Å²) >= 11 is 0. The molecule has 0 heterocycles. The third-order valence-electron chi connectivity index (χ3n) is 0.167. The van der Waals surface area contributed by atoms with E-state index in [0.29, 0.717) is 13.1 Å². The summed E-state index contributed by atoms with van der Waals surface area (Å²) < 4.78 is 102. The summed E-state index contributed by atoms with van der Waals surface area (Å²) in [7, 11) is -14.8. The molecule has 4 N–H and O–H groups in total. The maximum absolute atomic E-state index is 8.49. The molecule has 1 radical (unpaired) electrons. The molecule has 0 amide bonds. The van der Waals surface area contributed by atoms with Crippen LogP contribution in [0.1, 0.15) is 0 Å². The molecule has 0 saturated carbocycles. The molecule has 0 aliphatic carbocycles. The first-order valence-corrected chi connectivity index (χ1v) is 6.87. The molecule has 0 rings (SSSR count). The minimum absolute atomic E-state index is 0. The van der Waals surface area contributed by atoms with Gasteiger partial charge in [-0.05, 0) is 0 Å². The molecule has 0 unspecified atom stereocenters. The van der Waals surface area contributed by atoms with Crippen LogP contribution in [0.5, 0.6) is 0 Å². The summed E-state index contributed by atoms with van der Waals surface area (Å²) in [5.74, 6) is 0. The molecule has 18 heteroatoms. The maximum Gasteiger partial charge on any atom is 3.00 e. The Bertz CT molecular complexity index is 130. The van der Waals surface area contributed by atoms with Crippen LogP contribution >= 0.6 is 0 Å². The van der Waals surface area contributed by atoms with Gasteiger partial charge in [-0.15, -0.1) is 30.7 Å². The van der Waals surface area contributed by atoms with Crippen LogP contribution in [0.4, 0.5) is 0 Å². The number of hydrogen-bond acceptors (Lipinski definition) is 14. The van der Waals surface area contributed by atoms with Gasteiger partial charge in [0.1, 0.15) is 0 Å². The van der Waals surface area contributed by atoms with Gasteiger partial charge in [0.25, 0.3) is 0 Å². The number of halogens is 3. The van der Waals surface area contributed by atoms with Crippen LogP contribution in [0.2, 0.25) is 0 Å². The van der Waals surface area contributed by atoms with E-state index in [2.05, 4.69) is 0 Å². The van der Waals surface area contributed by atoms with E-state index in [4.69, 9.17) is 67.4 Å². The van der Waals surface area contributed by atoms with Gasteiger partial charge in [-0.2, -0.15) is 0 Å². The van der Waals surface area contributed by atoms with Crippen LogP contribution in [0.3, 0.4) is 0 Å². The molecule has 20 heavy (non-hydrogen) atoms. The molecule has 14 nitrogen and oxygen atoms in total. The fourth-order valence-corrected chi connectivity index (χ4v) is 0. The minimum Gasteiger partial charge on any atom is -0.329 e. The molecule has 0 aliphatic rings. The molecular formula is C2H8Cl3CrN2O12. The van der Waals surface area contributed by atoms with Gasteiger partial charge < -0.3 is 11.5 Å². The van der Waals surface area contributed by atoms with Crippen molar-refractivity contribution in [3.63, 3.8) is 0 Å². The summed E-state index contributed by atoms with van der Waals surface area (Å²) in [6, 6.07) is 0. The summed E-state index contributed by atoms with van der Waals surface area (Å²) in [6.45, 7) is 1.19. The van der Waals surface area contributed by atoms with Crippen LogP contribution in [0.25, 0.3) is 0 Å². The Labute approximate surface area is 129 Å². The monoisotopic (exact) mass is 409 g/mol. The van der Waals surface area contributed by atoms with E-state index in [1.807, 2.05) is 0 Å². The van der Waals surface area contributed by atoms with Crippen molar-refractivity contribution in [3.8, 4) is 0 Å². The van der Waals surface area contributed by atoms with Gasteiger partial charge in [0.15, 0.2) is 0 Å². The zero-order valence-electron chi connectivity index (χ0n) is 9.01. The third kappa shape index (κ3) is 1770.